The van der Waals surface area contributed by atoms with Gasteiger partial charge in [0.2, 0.25) is 0 Å². The second-order valence-corrected chi connectivity index (χ2v) is 6.94. The van der Waals surface area contributed by atoms with E-state index < -0.39 is 0 Å². The summed E-state index contributed by atoms with van der Waals surface area (Å²) in [7, 11) is 1.93. The Labute approximate surface area is 200 Å². The third-order valence-electron chi connectivity index (χ3n) is 4.35. The molecule has 1 atom stereocenters. The number of allylic oxidation sites excluding steroid dienone is 1. The first-order valence-corrected chi connectivity index (χ1v) is 11.6. The molecule has 1 unspecified atom stereocenters. The average molecular weight is 452 g/mol. The van der Waals surface area contributed by atoms with Crippen molar-refractivity contribution in [3.63, 3.8) is 0 Å². The summed E-state index contributed by atoms with van der Waals surface area (Å²) in [6.45, 7) is 10.7. The molecule has 33 heavy (non-hydrogen) atoms. The van der Waals surface area contributed by atoms with Crippen molar-refractivity contribution in [2.24, 2.45) is 5.73 Å². The molecule has 5 nitrogen and oxygen atoms in total. The maximum absolute atomic E-state index is 11.7. The van der Waals surface area contributed by atoms with Crippen LogP contribution in [-0.2, 0) is 11.3 Å². The summed E-state index contributed by atoms with van der Waals surface area (Å²) in [5.41, 5.74) is 10.8. The SMILES string of the molecule is CC.CC/C=C(/NC(CN)C(C)=O)c1ccc(C#Cc2ccc(CNC)cc2)cc1.CCO. The molecular weight excluding hydrogens is 410 g/mol. The summed E-state index contributed by atoms with van der Waals surface area (Å²) in [5, 5.41) is 14.0. The molecule has 2 aromatic carbocycles. The highest BCUT2D eigenvalue weighted by Crippen LogP contribution is 2.15. The molecule has 180 valence electrons. The van der Waals surface area contributed by atoms with Crippen LogP contribution in [-0.4, -0.2) is 37.1 Å². The highest BCUT2D eigenvalue weighted by molar-refractivity contribution is 5.84. The van der Waals surface area contributed by atoms with Gasteiger partial charge in [0.15, 0.2) is 5.78 Å². The summed E-state index contributed by atoms with van der Waals surface area (Å²) >= 11 is 0. The topological polar surface area (TPSA) is 87.4 Å². The number of hydrogen-bond donors (Lipinski definition) is 4. The van der Waals surface area contributed by atoms with E-state index >= 15 is 0 Å². The minimum atomic E-state index is -0.372. The third-order valence-corrected chi connectivity index (χ3v) is 4.35. The molecule has 2 aromatic rings. The van der Waals surface area contributed by atoms with Crippen molar-refractivity contribution < 1.29 is 9.90 Å². The van der Waals surface area contributed by atoms with Crippen LogP contribution >= 0.6 is 0 Å². The number of carbonyl (C=O) groups excluding carboxylic acids is 1. The van der Waals surface area contributed by atoms with E-state index in [1.165, 1.54) is 5.56 Å². The molecular formula is C28H41N3O2. The van der Waals surface area contributed by atoms with Crippen molar-refractivity contribution in [1.82, 2.24) is 10.6 Å². The van der Waals surface area contributed by atoms with Gasteiger partial charge in [-0.25, -0.2) is 0 Å². The number of ketones is 1. The van der Waals surface area contributed by atoms with Crippen LogP contribution < -0.4 is 16.4 Å². The zero-order valence-corrected chi connectivity index (χ0v) is 21.0. The van der Waals surface area contributed by atoms with E-state index in [2.05, 4.69) is 47.6 Å². The molecule has 0 aliphatic heterocycles. The third kappa shape index (κ3) is 12.1. The van der Waals surface area contributed by atoms with Crippen LogP contribution in [0.15, 0.2) is 54.6 Å². The molecule has 2 rings (SSSR count). The molecule has 0 amide bonds. The van der Waals surface area contributed by atoms with Crippen molar-refractivity contribution in [3.05, 3.63) is 76.9 Å². The second kappa shape index (κ2) is 18.6. The largest absolute Gasteiger partial charge is 0.397 e. The minimum Gasteiger partial charge on any atom is -0.397 e. The first kappa shape index (κ1) is 30.1. The standard InChI is InChI=1S/C24H29N3O.C2H6O.C2H6/c1-4-5-23(27-24(16-25)18(2)28)22-14-12-20(13-15-22)7-6-19-8-10-21(11-9-19)17-26-3;1-2-3;1-2/h5,8-15,24,26-27H,4,16-17,25H2,1-3H3;3H,2H2,1H3;1-2H3/b23-5+;;. The Morgan fingerprint density at radius 2 is 1.52 bits per heavy atom. The summed E-state index contributed by atoms with van der Waals surface area (Å²) in [6, 6.07) is 15.9. The zero-order chi connectivity index (χ0) is 25.1. The van der Waals surface area contributed by atoms with E-state index in [4.69, 9.17) is 10.8 Å². The monoisotopic (exact) mass is 451 g/mol. The fourth-order valence-corrected chi connectivity index (χ4v) is 2.77. The number of aliphatic hydroxyl groups excluding tert-OH is 1. The lowest BCUT2D eigenvalue weighted by Crippen LogP contribution is -2.40. The number of hydrogen-bond acceptors (Lipinski definition) is 5. The van der Waals surface area contributed by atoms with E-state index in [1.807, 2.05) is 57.3 Å². The highest BCUT2D eigenvalue weighted by Gasteiger charge is 2.13. The molecule has 0 saturated carbocycles. The second-order valence-electron chi connectivity index (χ2n) is 6.94. The van der Waals surface area contributed by atoms with Gasteiger partial charge in [-0.1, -0.05) is 63.0 Å². The average Bonchev–Trinajstić information content (AvgIpc) is 2.83. The minimum absolute atomic E-state index is 0.0349. The molecule has 0 aliphatic carbocycles. The number of benzene rings is 2. The van der Waals surface area contributed by atoms with Crippen molar-refractivity contribution in [1.29, 1.82) is 0 Å². The van der Waals surface area contributed by atoms with Crippen LogP contribution in [0.3, 0.4) is 0 Å². The fourth-order valence-electron chi connectivity index (χ4n) is 2.77. The van der Waals surface area contributed by atoms with Gasteiger partial charge in [-0.05, 0) is 62.7 Å². The molecule has 5 heteroatoms. The predicted octanol–water partition coefficient (Wildman–Crippen LogP) is 4.09. The Morgan fingerprint density at radius 1 is 1.03 bits per heavy atom. The smallest absolute Gasteiger partial charge is 0.153 e. The first-order valence-electron chi connectivity index (χ1n) is 11.6. The number of nitrogens with one attached hydrogen (secondary N) is 2. The molecule has 0 spiro atoms. The number of rotatable bonds is 8. The molecule has 0 saturated heterocycles. The van der Waals surface area contributed by atoms with Gasteiger partial charge in [0.1, 0.15) is 0 Å². The Balaban J connectivity index is 0.00000189. The van der Waals surface area contributed by atoms with Crippen LogP contribution in [0.1, 0.15) is 63.3 Å². The van der Waals surface area contributed by atoms with Crippen molar-refractivity contribution in [2.45, 2.75) is 53.6 Å². The maximum atomic E-state index is 11.7. The molecule has 0 aliphatic rings. The quantitative estimate of drug-likeness (QED) is 0.454. The van der Waals surface area contributed by atoms with Gasteiger partial charge >= 0.3 is 0 Å². The molecule has 0 radical (unpaired) electrons. The first-order chi connectivity index (χ1) is 16.0. The fraction of sp³-hybridized carbons (Fsp3) is 0.393. The van der Waals surface area contributed by atoms with Crippen LogP contribution in [0.4, 0.5) is 0 Å². The lowest BCUT2D eigenvalue weighted by molar-refractivity contribution is -0.118. The molecule has 0 bridgehead atoms. The van der Waals surface area contributed by atoms with E-state index in [9.17, 15) is 4.79 Å². The summed E-state index contributed by atoms with van der Waals surface area (Å²) in [6.07, 6.45) is 2.93. The number of carbonyl (C=O) groups is 1. The van der Waals surface area contributed by atoms with Crippen LogP contribution in [0.25, 0.3) is 5.70 Å². The van der Waals surface area contributed by atoms with Crippen LogP contribution in [0.5, 0.6) is 0 Å². The zero-order valence-electron chi connectivity index (χ0n) is 21.0. The van der Waals surface area contributed by atoms with E-state index in [-0.39, 0.29) is 25.0 Å². The van der Waals surface area contributed by atoms with E-state index in [0.29, 0.717) is 0 Å². The van der Waals surface area contributed by atoms with Gasteiger partial charge in [0.05, 0.1) is 6.04 Å². The van der Waals surface area contributed by atoms with Gasteiger partial charge in [0.25, 0.3) is 0 Å². The summed E-state index contributed by atoms with van der Waals surface area (Å²) in [4.78, 5) is 11.7. The number of Topliss-reactive ketones (excluding diaryl/α,β-unsaturated/α-hetero) is 1. The lowest BCUT2D eigenvalue weighted by Gasteiger charge is -2.18. The molecule has 0 aromatic heterocycles. The lowest BCUT2D eigenvalue weighted by atomic mass is 10.1. The van der Waals surface area contributed by atoms with Crippen LogP contribution in [0.2, 0.25) is 0 Å². The number of nitrogens with two attached hydrogens (primary N) is 1. The van der Waals surface area contributed by atoms with Gasteiger partial charge < -0.3 is 21.5 Å². The van der Waals surface area contributed by atoms with Crippen molar-refractivity contribution in [3.8, 4) is 11.8 Å². The van der Waals surface area contributed by atoms with Crippen molar-refractivity contribution in [2.75, 3.05) is 20.2 Å². The van der Waals surface area contributed by atoms with E-state index in [0.717, 1.165) is 35.4 Å². The van der Waals surface area contributed by atoms with Gasteiger partial charge in [-0.3, -0.25) is 4.79 Å². The summed E-state index contributed by atoms with van der Waals surface area (Å²) < 4.78 is 0. The summed E-state index contributed by atoms with van der Waals surface area (Å²) in [5.74, 6) is 6.43. The Morgan fingerprint density at radius 3 is 1.91 bits per heavy atom. The highest BCUT2D eigenvalue weighted by atomic mass is 16.2. The predicted molar refractivity (Wildman–Crippen MR) is 141 cm³/mol. The molecule has 0 heterocycles. The molecule has 5 N–H and O–H groups in total. The normalized spacial score (nSPS) is 11.0. The Kier molecular flexibility index (Phi) is 17.0. The van der Waals surface area contributed by atoms with Gasteiger partial charge in [-0.15, -0.1) is 0 Å². The van der Waals surface area contributed by atoms with Crippen molar-refractivity contribution >= 4 is 11.5 Å². The molecule has 0 fully saturated rings. The maximum Gasteiger partial charge on any atom is 0.153 e. The Hall–Kier alpha value is -2.91. The number of aliphatic hydroxyl groups is 1. The Bertz CT molecular complexity index is 876. The van der Waals surface area contributed by atoms with Gasteiger partial charge in [-0.2, -0.15) is 0 Å². The van der Waals surface area contributed by atoms with Gasteiger partial charge in [0, 0.05) is 36.5 Å². The van der Waals surface area contributed by atoms with E-state index in [1.54, 1.807) is 13.8 Å². The van der Waals surface area contributed by atoms with Crippen LogP contribution in [0, 0.1) is 11.8 Å².